The highest BCUT2D eigenvalue weighted by Crippen LogP contribution is 2.37. The van der Waals surface area contributed by atoms with Gasteiger partial charge in [0.2, 0.25) is 5.82 Å². The van der Waals surface area contributed by atoms with Crippen molar-refractivity contribution in [3.8, 4) is 34.7 Å². The van der Waals surface area contributed by atoms with Crippen molar-refractivity contribution in [3.05, 3.63) is 53.1 Å². The van der Waals surface area contributed by atoms with Gasteiger partial charge in [-0.25, -0.2) is 0 Å². The van der Waals surface area contributed by atoms with E-state index in [1.807, 2.05) is 32.0 Å². The van der Waals surface area contributed by atoms with Crippen LogP contribution >= 0.6 is 0 Å². The van der Waals surface area contributed by atoms with Crippen molar-refractivity contribution in [2.45, 2.75) is 64.1 Å². The van der Waals surface area contributed by atoms with E-state index in [0.717, 1.165) is 37.8 Å². The molecular formula is C26H28N4O4. The molecule has 1 aliphatic heterocycles. The molecule has 1 aromatic heterocycles. The molecule has 1 aliphatic carbocycles. The second-order valence-corrected chi connectivity index (χ2v) is 9.04. The molecule has 1 saturated heterocycles. The highest BCUT2D eigenvalue weighted by atomic mass is 16.7. The Balaban J connectivity index is 1.31. The van der Waals surface area contributed by atoms with Crippen LogP contribution in [-0.2, 0) is 11.2 Å². The van der Waals surface area contributed by atoms with Crippen LogP contribution in [0.3, 0.4) is 0 Å². The van der Waals surface area contributed by atoms with Gasteiger partial charge >= 0.3 is 0 Å². The summed E-state index contributed by atoms with van der Waals surface area (Å²) in [7, 11) is 0. The topological polar surface area (TPSA) is 117 Å². The van der Waals surface area contributed by atoms with Gasteiger partial charge in [0.15, 0.2) is 6.29 Å². The summed E-state index contributed by atoms with van der Waals surface area (Å²) in [6.45, 7) is 4.73. The molecule has 2 heterocycles. The predicted molar refractivity (Wildman–Crippen MR) is 125 cm³/mol. The number of hydrogen-bond donors (Lipinski definition) is 2. The average Bonchev–Trinajstić information content (AvgIpc) is 3.20. The summed E-state index contributed by atoms with van der Waals surface area (Å²) in [5, 5.41) is 26.7. The number of fused-ring (bicyclic) bond motifs is 1. The first kappa shape index (κ1) is 22.5. The Morgan fingerprint density at radius 3 is 2.91 bits per heavy atom. The van der Waals surface area contributed by atoms with Gasteiger partial charge in [0.05, 0.1) is 11.7 Å². The Hall–Kier alpha value is -3.25. The smallest absolute Gasteiger partial charge is 0.258 e. The van der Waals surface area contributed by atoms with Crippen LogP contribution in [0.4, 0.5) is 0 Å². The number of aromatic nitrogens is 2. The monoisotopic (exact) mass is 460 g/mol. The maximum Gasteiger partial charge on any atom is 0.258 e. The van der Waals surface area contributed by atoms with E-state index in [2.05, 4.69) is 27.6 Å². The molecule has 2 aliphatic rings. The van der Waals surface area contributed by atoms with Gasteiger partial charge in [0, 0.05) is 17.2 Å². The molecule has 3 aromatic rings. The van der Waals surface area contributed by atoms with Crippen LogP contribution < -0.4 is 10.1 Å². The van der Waals surface area contributed by atoms with Gasteiger partial charge < -0.3 is 24.4 Å². The third kappa shape index (κ3) is 4.68. The summed E-state index contributed by atoms with van der Waals surface area (Å²) in [6.07, 6.45) is 3.23. The first-order chi connectivity index (χ1) is 16.5. The number of nitrogens with zero attached hydrogens (tertiary/aromatic N) is 3. The zero-order valence-electron chi connectivity index (χ0n) is 19.3. The number of ether oxygens (including phenoxy) is 2. The second-order valence-electron chi connectivity index (χ2n) is 9.04. The van der Waals surface area contributed by atoms with Gasteiger partial charge in [-0.3, -0.25) is 0 Å². The Morgan fingerprint density at radius 2 is 2.15 bits per heavy atom. The van der Waals surface area contributed by atoms with Crippen LogP contribution in [0.1, 0.15) is 55.8 Å². The first-order valence-electron chi connectivity index (χ1n) is 11.8. The van der Waals surface area contributed by atoms with Gasteiger partial charge in [0.25, 0.3) is 5.89 Å². The Bertz CT molecular complexity index is 1220. The average molecular weight is 461 g/mol. The Kier molecular flexibility index (Phi) is 6.33. The molecule has 3 atom stereocenters. The summed E-state index contributed by atoms with van der Waals surface area (Å²) >= 11 is 0. The molecule has 0 saturated carbocycles. The lowest BCUT2D eigenvalue weighted by Gasteiger charge is -2.14. The number of aliphatic hydroxyl groups excluding tert-OH is 1. The fourth-order valence-corrected chi connectivity index (χ4v) is 4.56. The minimum atomic E-state index is -0.563. The zero-order valence-corrected chi connectivity index (χ0v) is 19.3. The summed E-state index contributed by atoms with van der Waals surface area (Å²) in [5.41, 5.74) is 4.61. The molecule has 8 nitrogen and oxygen atoms in total. The third-order valence-corrected chi connectivity index (χ3v) is 6.26. The summed E-state index contributed by atoms with van der Waals surface area (Å²) in [4.78, 5) is 4.64. The van der Waals surface area contributed by atoms with Crippen molar-refractivity contribution >= 4 is 0 Å². The van der Waals surface area contributed by atoms with E-state index < -0.39 is 6.29 Å². The van der Waals surface area contributed by atoms with E-state index >= 15 is 0 Å². The lowest BCUT2D eigenvalue weighted by Crippen LogP contribution is -2.20. The normalized spacial score (nSPS) is 20.9. The lowest BCUT2D eigenvalue weighted by atomic mass is 10.0. The van der Waals surface area contributed by atoms with Crippen molar-refractivity contribution < 1.29 is 19.1 Å². The molecule has 8 heteroatoms. The minimum absolute atomic E-state index is 0.0138. The standard InChI is InChI=1S/C26H28N4O4/c1-15(2)32-22-11-8-16(13-17(22)14-27)25-29-24(30-34-25)20-6-3-5-19-18(20)9-10-21(19)28-12-4-7-23-26(31)33-23/h3,5-6,8,11,13,15,21,23,26,28,31H,4,7,9-10,12H2,1-2H3/t21-,23?,26?/m0/s1. The molecule has 0 bridgehead atoms. The van der Waals surface area contributed by atoms with Gasteiger partial charge in [-0.15, -0.1) is 0 Å². The largest absolute Gasteiger partial charge is 0.490 e. The molecule has 2 N–H and O–H groups in total. The van der Waals surface area contributed by atoms with Crippen LogP contribution in [0, 0.1) is 11.3 Å². The molecule has 0 radical (unpaired) electrons. The first-order valence-corrected chi connectivity index (χ1v) is 11.8. The molecule has 2 unspecified atom stereocenters. The van der Waals surface area contributed by atoms with Crippen LogP contribution in [0.15, 0.2) is 40.9 Å². The Morgan fingerprint density at radius 1 is 1.29 bits per heavy atom. The summed E-state index contributed by atoms with van der Waals surface area (Å²) in [5.74, 6) is 1.46. The SMILES string of the molecule is CC(C)Oc1ccc(-c2nc(-c3cccc4c3CC[C@@H]4NCCCC3OC3O)no2)cc1C#N. The number of benzene rings is 2. The van der Waals surface area contributed by atoms with Crippen LogP contribution in [0.5, 0.6) is 5.75 Å². The van der Waals surface area contributed by atoms with Crippen molar-refractivity contribution in [2.75, 3.05) is 6.54 Å². The maximum absolute atomic E-state index is 9.52. The van der Waals surface area contributed by atoms with Gasteiger partial charge in [0.1, 0.15) is 17.9 Å². The van der Waals surface area contributed by atoms with Crippen molar-refractivity contribution in [1.29, 1.82) is 5.26 Å². The van der Waals surface area contributed by atoms with E-state index in [-0.39, 0.29) is 18.2 Å². The number of hydrogen-bond acceptors (Lipinski definition) is 8. The lowest BCUT2D eigenvalue weighted by molar-refractivity contribution is 0.156. The van der Waals surface area contributed by atoms with Crippen LogP contribution in [0.25, 0.3) is 22.8 Å². The van der Waals surface area contributed by atoms with E-state index in [9.17, 15) is 10.4 Å². The van der Waals surface area contributed by atoms with Crippen molar-refractivity contribution in [3.63, 3.8) is 0 Å². The molecule has 176 valence electrons. The summed E-state index contributed by atoms with van der Waals surface area (Å²) < 4.78 is 16.3. The van der Waals surface area contributed by atoms with E-state index in [4.69, 9.17) is 14.0 Å². The van der Waals surface area contributed by atoms with Gasteiger partial charge in [-0.2, -0.15) is 10.2 Å². The summed E-state index contributed by atoms with van der Waals surface area (Å²) in [6, 6.07) is 14.0. The fraction of sp³-hybridized carbons (Fsp3) is 0.423. The number of rotatable bonds is 9. The molecule has 1 fully saturated rings. The van der Waals surface area contributed by atoms with Gasteiger partial charge in [-0.1, -0.05) is 23.4 Å². The van der Waals surface area contributed by atoms with E-state index in [0.29, 0.717) is 28.6 Å². The van der Waals surface area contributed by atoms with E-state index in [1.54, 1.807) is 12.1 Å². The quantitative estimate of drug-likeness (QED) is 0.362. The second kappa shape index (κ2) is 9.55. The van der Waals surface area contributed by atoms with E-state index in [1.165, 1.54) is 11.1 Å². The number of nitriles is 1. The van der Waals surface area contributed by atoms with Crippen molar-refractivity contribution in [1.82, 2.24) is 15.5 Å². The zero-order chi connectivity index (χ0) is 23.7. The molecular weight excluding hydrogens is 432 g/mol. The molecule has 34 heavy (non-hydrogen) atoms. The predicted octanol–water partition coefficient (Wildman–Crippen LogP) is 4.14. The molecule has 2 aromatic carbocycles. The number of nitrogens with one attached hydrogen (secondary N) is 1. The Labute approximate surface area is 198 Å². The highest BCUT2D eigenvalue weighted by Gasteiger charge is 2.36. The molecule has 0 amide bonds. The number of aliphatic hydroxyl groups is 1. The number of epoxide rings is 1. The van der Waals surface area contributed by atoms with Crippen molar-refractivity contribution in [2.24, 2.45) is 0 Å². The maximum atomic E-state index is 9.52. The fourth-order valence-electron chi connectivity index (χ4n) is 4.56. The van der Waals surface area contributed by atoms with Crippen LogP contribution in [0.2, 0.25) is 0 Å². The van der Waals surface area contributed by atoms with Crippen LogP contribution in [-0.4, -0.2) is 40.3 Å². The minimum Gasteiger partial charge on any atom is -0.490 e. The molecule has 5 rings (SSSR count). The highest BCUT2D eigenvalue weighted by molar-refractivity contribution is 5.67. The third-order valence-electron chi connectivity index (χ3n) is 6.26. The van der Waals surface area contributed by atoms with Gasteiger partial charge in [-0.05, 0) is 75.4 Å². The molecule has 0 spiro atoms.